The number of sulfonamides is 1. The second-order valence-corrected chi connectivity index (χ2v) is 4.36. The Bertz CT molecular complexity index is 377. The fraction of sp³-hybridized carbons (Fsp3) is 0.429. The molecule has 0 spiro atoms. The Balaban J connectivity index is 2.97. The minimum Gasteiger partial charge on any atom is -0.466 e. The predicted molar refractivity (Wildman–Crippen MR) is 45.0 cm³/mol. The molecule has 0 aliphatic rings. The first-order valence-electron chi connectivity index (χ1n) is 3.45. The van der Waals surface area contributed by atoms with E-state index in [9.17, 15) is 8.42 Å². The van der Waals surface area contributed by atoms with Gasteiger partial charge in [0.25, 0.3) is 0 Å². The third-order valence-electron chi connectivity index (χ3n) is 1.50. The van der Waals surface area contributed by atoms with E-state index in [4.69, 9.17) is 9.56 Å². The standard InChI is InChI=1S/C7H11NO3S/c1-5-3-7(6(2)11-5)4-12(8,9)10/h3H,4H2,1-2H3,(H2,8,9,10). The maximum Gasteiger partial charge on any atom is 0.213 e. The summed E-state index contributed by atoms with van der Waals surface area (Å²) in [5, 5.41) is 4.88. The summed E-state index contributed by atoms with van der Waals surface area (Å²) in [6.07, 6.45) is 0. The van der Waals surface area contributed by atoms with Gasteiger partial charge >= 0.3 is 0 Å². The minimum atomic E-state index is -3.45. The molecular weight excluding hydrogens is 178 g/mol. The van der Waals surface area contributed by atoms with Gasteiger partial charge in [0, 0.05) is 5.56 Å². The van der Waals surface area contributed by atoms with Crippen LogP contribution < -0.4 is 5.14 Å². The van der Waals surface area contributed by atoms with Gasteiger partial charge in [-0.15, -0.1) is 0 Å². The van der Waals surface area contributed by atoms with Crippen molar-refractivity contribution in [2.45, 2.75) is 19.6 Å². The zero-order valence-corrected chi connectivity index (χ0v) is 7.81. The van der Waals surface area contributed by atoms with Crippen LogP contribution in [0.1, 0.15) is 17.1 Å². The zero-order chi connectivity index (χ0) is 9.35. The van der Waals surface area contributed by atoms with E-state index in [2.05, 4.69) is 0 Å². The number of rotatable bonds is 2. The van der Waals surface area contributed by atoms with Crippen LogP contribution in [0.2, 0.25) is 0 Å². The van der Waals surface area contributed by atoms with Gasteiger partial charge in [-0.25, -0.2) is 13.6 Å². The molecule has 0 fully saturated rings. The van der Waals surface area contributed by atoms with E-state index in [1.165, 1.54) is 0 Å². The molecule has 2 N–H and O–H groups in total. The molecule has 12 heavy (non-hydrogen) atoms. The molecule has 1 rings (SSSR count). The van der Waals surface area contributed by atoms with Gasteiger partial charge in [0.1, 0.15) is 11.5 Å². The van der Waals surface area contributed by atoms with Crippen LogP contribution in [-0.2, 0) is 15.8 Å². The summed E-state index contributed by atoms with van der Waals surface area (Å²) in [4.78, 5) is 0. The summed E-state index contributed by atoms with van der Waals surface area (Å²) in [6, 6.07) is 1.68. The summed E-state index contributed by atoms with van der Waals surface area (Å²) in [5.41, 5.74) is 0.634. The van der Waals surface area contributed by atoms with Crippen molar-refractivity contribution >= 4 is 10.0 Å². The molecule has 68 valence electrons. The van der Waals surface area contributed by atoms with Crippen molar-refractivity contribution in [3.05, 3.63) is 23.2 Å². The van der Waals surface area contributed by atoms with Gasteiger partial charge in [-0.3, -0.25) is 0 Å². The van der Waals surface area contributed by atoms with E-state index in [1.54, 1.807) is 19.9 Å². The summed E-state index contributed by atoms with van der Waals surface area (Å²) in [7, 11) is -3.45. The molecule has 0 aromatic carbocycles. The first-order chi connectivity index (χ1) is 5.38. The highest BCUT2D eigenvalue weighted by molar-refractivity contribution is 7.88. The number of hydrogen-bond acceptors (Lipinski definition) is 3. The van der Waals surface area contributed by atoms with E-state index < -0.39 is 10.0 Å². The molecule has 0 aliphatic heterocycles. The molecule has 0 aliphatic carbocycles. The predicted octanol–water partition coefficient (Wildman–Crippen LogP) is 0.685. The van der Waals surface area contributed by atoms with Gasteiger partial charge in [0.05, 0.1) is 5.75 Å². The van der Waals surface area contributed by atoms with Crippen molar-refractivity contribution in [3.8, 4) is 0 Å². The third kappa shape index (κ3) is 2.35. The van der Waals surface area contributed by atoms with Crippen LogP contribution in [-0.4, -0.2) is 8.42 Å². The van der Waals surface area contributed by atoms with Crippen LogP contribution in [0, 0.1) is 13.8 Å². The fourth-order valence-electron chi connectivity index (χ4n) is 1.04. The summed E-state index contributed by atoms with van der Waals surface area (Å²) >= 11 is 0. The molecule has 1 aromatic rings. The molecular formula is C7H11NO3S. The molecule has 4 nitrogen and oxygen atoms in total. The number of nitrogens with two attached hydrogens (primary N) is 1. The largest absolute Gasteiger partial charge is 0.466 e. The average molecular weight is 189 g/mol. The lowest BCUT2D eigenvalue weighted by molar-refractivity contribution is 0.502. The Morgan fingerprint density at radius 1 is 1.50 bits per heavy atom. The molecule has 0 radical (unpaired) electrons. The highest BCUT2D eigenvalue weighted by Gasteiger charge is 2.10. The van der Waals surface area contributed by atoms with E-state index in [1.807, 2.05) is 0 Å². The molecule has 0 saturated carbocycles. The van der Waals surface area contributed by atoms with Crippen molar-refractivity contribution in [2.24, 2.45) is 5.14 Å². The van der Waals surface area contributed by atoms with Crippen molar-refractivity contribution in [1.29, 1.82) is 0 Å². The Hall–Kier alpha value is -0.810. The highest BCUT2D eigenvalue weighted by atomic mass is 32.2. The molecule has 0 atom stereocenters. The number of furan rings is 1. The summed E-state index contributed by atoms with van der Waals surface area (Å²) in [6.45, 7) is 3.48. The average Bonchev–Trinajstić information content (AvgIpc) is 2.06. The molecule has 1 heterocycles. The molecule has 5 heteroatoms. The van der Waals surface area contributed by atoms with Crippen LogP contribution in [0.5, 0.6) is 0 Å². The number of primary sulfonamides is 1. The second kappa shape index (κ2) is 2.91. The van der Waals surface area contributed by atoms with Gasteiger partial charge in [0.15, 0.2) is 0 Å². The number of aryl methyl sites for hydroxylation is 2. The van der Waals surface area contributed by atoms with Crippen LogP contribution in [0.4, 0.5) is 0 Å². The maximum absolute atomic E-state index is 10.7. The van der Waals surface area contributed by atoms with E-state index in [0.717, 1.165) is 0 Å². The minimum absolute atomic E-state index is 0.157. The molecule has 0 amide bonds. The first kappa shape index (κ1) is 9.28. The lowest BCUT2D eigenvalue weighted by atomic mass is 10.3. The van der Waals surface area contributed by atoms with E-state index in [0.29, 0.717) is 17.1 Å². The van der Waals surface area contributed by atoms with Gasteiger partial charge in [-0.05, 0) is 19.9 Å². The van der Waals surface area contributed by atoms with Crippen LogP contribution in [0.15, 0.2) is 10.5 Å². The number of hydrogen-bond donors (Lipinski definition) is 1. The van der Waals surface area contributed by atoms with E-state index >= 15 is 0 Å². The van der Waals surface area contributed by atoms with Crippen molar-refractivity contribution in [2.75, 3.05) is 0 Å². The van der Waals surface area contributed by atoms with Crippen molar-refractivity contribution < 1.29 is 12.8 Å². The zero-order valence-electron chi connectivity index (χ0n) is 6.99. The normalized spacial score (nSPS) is 11.9. The van der Waals surface area contributed by atoms with Gasteiger partial charge < -0.3 is 4.42 Å². The lowest BCUT2D eigenvalue weighted by Gasteiger charge is -1.94. The van der Waals surface area contributed by atoms with E-state index in [-0.39, 0.29) is 5.75 Å². The first-order valence-corrected chi connectivity index (χ1v) is 5.16. The quantitative estimate of drug-likeness (QED) is 0.743. The molecule has 0 saturated heterocycles. The fourth-order valence-corrected chi connectivity index (χ4v) is 1.76. The van der Waals surface area contributed by atoms with Gasteiger partial charge in [-0.1, -0.05) is 0 Å². The maximum atomic E-state index is 10.7. The van der Waals surface area contributed by atoms with Crippen LogP contribution in [0.3, 0.4) is 0 Å². The SMILES string of the molecule is Cc1cc(CS(N)(=O)=O)c(C)o1. The Kier molecular flexibility index (Phi) is 2.25. The van der Waals surface area contributed by atoms with Gasteiger partial charge in [0.2, 0.25) is 10.0 Å². The molecule has 1 aromatic heterocycles. The Labute approximate surface area is 71.4 Å². The molecule has 0 unspecified atom stereocenters. The smallest absolute Gasteiger partial charge is 0.213 e. The Morgan fingerprint density at radius 3 is 2.42 bits per heavy atom. The van der Waals surface area contributed by atoms with Crippen LogP contribution >= 0.6 is 0 Å². The highest BCUT2D eigenvalue weighted by Crippen LogP contribution is 2.15. The topological polar surface area (TPSA) is 73.3 Å². The molecule has 0 bridgehead atoms. The monoisotopic (exact) mass is 189 g/mol. The summed E-state index contributed by atoms with van der Waals surface area (Å²) < 4.78 is 26.5. The van der Waals surface area contributed by atoms with Gasteiger partial charge in [-0.2, -0.15) is 0 Å². The third-order valence-corrected chi connectivity index (χ3v) is 2.21. The Morgan fingerprint density at radius 2 is 2.08 bits per heavy atom. The van der Waals surface area contributed by atoms with Crippen molar-refractivity contribution in [3.63, 3.8) is 0 Å². The lowest BCUT2D eigenvalue weighted by Crippen LogP contribution is -2.14. The second-order valence-electron chi connectivity index (χ2n) is 2.75. The van der Waals surface area contributed by atoms with Crippen LogP contribution in [0.25, 0.3) is 0 Å². The summed E-state index contributed by atoms with van der Waals surface area (Å²) in [5.74, 6) is 1.16. The van der Waals surface area contributed by atoms with Crippen molar-refractivity contribution in [1.82, 2.24) is 0 Å².